The van der Waals surface area contributed by atoms with Crippen molar-refractivity contribution >= 4 is 28.8 Å². The van der Waals surface area contributed by atoms with Crippen molar-refractivity contribution in [2.45, 2.75) is 39.0 Å². The van der Waals surface area contributed by atoms with Gasteiger partial charge >= 0.3 is 11.9 Å². The van der Waals surface area contributed by atoms with Gasteiger partial charge in [0.15, 0.2) is 0 Å². The summed E-state index contributed by atoms with van der Waals surface area (Å²) in [5.41, 5.74) is 2.54. The topological polar surface area (TPSA) is 74.6 Å². The maximum atomic E-state index is 12.6. The Hall–Kier alpha value is -1.88. The van der Waals surface area contributed by atoms with Gasteiger partial charge in [0.05, 0.1) is 11.1 Å². The van der Waals surface area contributed by atoms with E-state index in [-0.39, 0.29) is 17.1 Å². The van der Waals surface area contributed by atoms with E-state index in [1.54, 1.807) is 6.92 Å². The number of rotatable bonds is 4. The first-order valence-corrected chi connectivity index (χ1v) is 11.8. The molecule has 1 heterocycles. The van der Waals surface area contributed by atoms with Gasteiger partial charge in [-0.25, -0.2) is 9.59 Å². The van der Waals surface area contributed by atoms with Crippen LogP contribution in [0, 0.1) is 47.3 Å². The van der Waals surface area contributed by atoms with Crippen molar-refractivity contribution in [3.8, 4) is 0 Å². The lowest BCUT2D eigenvalue weighted by Gasteiger charge is -2.70. The van der Waals surface area contributed by atoms with E-state index in [4.69, 9.17) is 0 Å². The summed E-state index contributed by atoms with van der Waals surface area (Å²) in [6, 6.07) is 1.88. The highest BCUT2D eigenvalue weighted by Gasteiger charge is 2.65. The van der Waals surface area contributed by atoms with Gasteiger partial charge in [-0.15, -0.1) is 0 Å². The van der Waals surface area contributed by atoms with E-state index >= 15 is 0 Å². The van der Waals surface area contributed by atoms with E-state index in [2.05, 4.69) is 0 Å². The highest BCUT2D eigenvalue weighted by molar-refractivity contribution is 7.08. The Morgan fingerprint density at radius 1 is 0.931 bits per heavy atom. The van der Waals surface area contributed by atoms with Gasteiger partial charge < -0.3 is 10.2 Å². The molecule has 0 aliphatic heterocycles. The zero-order valence-corrected chi connectivity index (χ0v) is 17.3. The van der Waals surface area contributed by atoms with Gasteiger partial charge in [-0.2, -0.15) is 11.3 Å². The number of carboxylic acid groups (broad SMARTS) is 2. The van der Waals surface area contributed by atoms with Crippen LogP contribution in [-0.2, 0) is 9.59 Å². The molecule has 7 saturated carbocycles. The molecule has 2 N–H and O–H groups in total. The predicted molar refractivity (Wildman–Crippen MR) is 110 cm³/mol. The number of hydrogen-bond acceptors (Lipinski definition) is 3. The van der Waals surface area contributed by atoms with E-state index in [1.807, 2.05) is 16.8 Å². The van der Waals surface area contributed by atoms with E-state index in [0.29, 0.717) is 23.3 Å². The first-order valence-electron chi connectivity index (χ1n) is 10.9. The van der Waals surface area contributed by atoms with Gasteiger partial charge in [0.25, 0.3) is 0 Å². The summed E-state index contributed by atoms with van der Waals surface area (Å²) in [6.07, 6.45) is 6.02. The van der Waals surface area contributed by atoms with Crippen molar-refractivity contribution in [1.82, 2.24) is 0 Å². The second-order valence-electron chi connectivity index (χ2n) is 10.0. The van der Waals surface area contributed by atoms with Crippen molar-refractivity contribution in [3.63, 3.8) is 0 Å². The van der Waals surface area contributed by atoms with Crippen LogP contribution in [-0.4, -0.2) is 22.2 Å². The van der Waals surface area contributed by atoms with Crippen LogP contribution in [0.2, 0.25) is 0 Å². The Balaban J connectivity index is 1.57. The Kier molecular flexibility index (Phi) is 3.75. The largest absolute Gasteiger partial charge is 0.478 e. The van der Waals surface area contributed by atoms with Gasteiger partial charge in [0.1, 0.15) is 0 Å². The smallest absolute Gasteiger partial charge is 0.336 e. The Bertz CT molecular complexity index is 947. The second kappa shape index (κ2) is 6.07. The van der Waals surface area contributed by atoms with Crippen molar-refractivity contribution in [2.75, 3.05) is 0 Å². The molecule has 0 aromatic carbocycles. The monoisotopic (exact) mass is 410 g/mol. The molecule has 0 amide bonds. The molecule has 8 bridgehead atoms. The summed E-state index contributed by atoms with van der Waals surface area (Å²) in [7, 11) is 0. The lowest BCUT2D eigenvalue weighted by Crippen LogP contribution is -2.63. The maximum absolute atomic E-state index is 12.6. The fraction of sp³-hybridized carbons (Fsp3) is 0.583. The molecule has 5 heteroatoms. The van der Waals surface area contributed by atoms with Gasteiger partial charge in [0, 0.05) is 0 Å². The number of thiophene rings is 1. The molecule has 152 valence electrons. The van der Waals surface area contributed by atoms with Gasteiger partial charge in [-0.05, 0) is 120 Å². The highest BCUT2D eigenvalue weighted by Crippen LogP contribution is 2.73. The molecule has 8 rings (SSSR count). The van der Waals surface area contributed by atoms with Crippen LogP contribution >= 0.6 is 11.3 Å². The van der Waals surface area contributed by atoms with Crippen LogP contribution in [0.1, 0.15) is 44.6 Å². The van der Waals surface area contributed by atoms with Crippen LogP contribution in [0.25, 0.3) is 5.57 Å². The minimum atomic E-state index is -1.11. The molecule has 0 saturated heterocycles. The molecule has 4 unspecified atom stereocenters. The average Bonchev–Trinajstić information content (AvgIpc) is 3.23. The van der Waals surface area contributed by atoms with Crippen molar-refractivity contribution < 1.29 is 19.8 Å². The molecule has 0 radical (unpaired) electrons. The molecule has 7 aliphatic carbocycles. The molecule has 1 aromatic heterocycles. The molecule has 7 fully saturated rings. The number of allylic oxidation sites excluding steroid dienone is 2. The maximum Gasteiger partial charge on any atom is 0.336 e. The molecule has 1 aromatic rings. The molecular weight excluding hydrogens is 384 g/mol. The third-order valence-electron chi connectivity index (χ3n) is 9.15. The van der Waals surface area contributed by atoms with E-state index in [9.17, 15) is 19.8 Å². The first kappa shape index (κ1) is 17.9. The summed E-state index contributed by atoms with van der Waals surface area (Å²) in [4.78, 5) is 25.0. The Labute approximate surface area is 174 Å². The highest BCUT2D eigenvalue weighted by atomic mass is 32.1. The Morgan fingerprint density at radius 2 is 1.55 bits per heavy atom. The SMILES string of the molecule is C/C(=C(\C(=O)O)C(C(=O)O)=C1C2CC3C4CC5CC3C1C(C5)C4C2)c1ccsc1. The number of aliphatic carboxylic acids is 2. The Morgan fingerprint density at radius 3 is 2.10 bits per heavy atom. The number of carbonyl (C=O) groups is 2. The average molecular weight is 411 g/mol. The zero-order valence-electron chi connectivity index (χ0n) is 16.5. The first-order chi connectivity index (χ1) is 14.0. The summed E-state index contributed by atoms with van der Waals surface area (Å²) < 4.78 is 0. The lowest BCUT2D eigenvalue weighted by molar-refractivity contribution is -0.177. The predicted octanol–water partition coefficient (Wildman–Crippen LogP) is 4.94. The fourth-order valence-corrected chi connectivity index (χ4v) is 9.21. The van der Waals surface area contributed by atoms with Gasteiger partial charge in [-0.3, -0.25) is 0 Å². The van der Waals surface area contributed by atoms with E-state index in [1.165, 1.54) is 30.6 Å². The van der Waals surface area contributed by atoms with Crippen LogP contribution in [0.15, 0.2) is 33.5 Å². The van der Waals surface area contributed by atoms with Crippen LogP contribution in [0.3, 0.4) is 0 Å². The minimum absolute atomic E-state index is 0.0154. The van der Waals surface area contributed by atoms with Crippen molar-refractivity contribution in [2.24, 2.45) is 47.3 Å². The summed E-state index contributed by atoms with van der Waals surface area (Å²) in [5, 5.41) is 24.2. The lowest BCUT2D eigenvalue weighted by atomic mass is 9.34. The van der Waals surface area contributed by atoms with Gasteiger partial charge in [0.2, 0.25) is 0 Å². The van der Waals surface area contributed by atoms with Gasteiger partial charge in [-0.1, -0.05) is 0 Å². The third-order valence-corrected chi connectivity index (χ3v) is 9.83. The summed E-state index contributed by atoms with van der Waals surface area (Å²) in [6.45, 7) is 1.76. The molecule has 0 spiro atoms. The van der Waals surface area contributed by atoms with Crippen molar-refractivity contribution in [1.29, 1.82) is 0 Å². The van der Waals surface area contributed by atoms with E-state index < -0.39 is 11.9 Å². The standard InChI is InChI=1S/C24H26O4S/c1-10(12-2-3-29-9-12)19(23(25)26)22(24(27)28)20-13-7-15-14-4-11-5-17(15)21(20)18(6-11)16(14)8-13/h2-3,9,11,13-18,21H,4-8H2,1H3,(H,25,26)(H,27,28)/b19-10+,22-20?. The van der Waals surface area contributed by atoms with Crippen LogP contribution < -0.4 is 0 Å². The van der Waals surface area contributed by atoms with Crippen LogP contribution in [0.4, 0.5) is 0 Å². The molecule has 4 atom stereocenters. The normalized spacial score (nSPS) is 43.5. The minimum Gasteiger partial charge on any atom is -0.478 e. The molecular formula is C24H26O4S. The molecule has 29 heavy (non-hydrogen) atoms. The molecule has 4 nitrogen and oxygen atoms in total. The van der Waals surface area contributed by atoms with Crippen molar-refractivity contribution in [3.05, 3.63) is 39.1 Å². The molecule has 7 aliphatic rings. The number of carboxylic acids is 2. The number of hydrogen-bond donors (Lipinski definition) is 2. The summed E-state index contributed by atoms with van der Waals surface area (Å²) in [5.74, 6) is 2.79. The second-order valence-corrected chi connectivity index (χ2v) is 10.8. The van der Waals surface area contributed by atoms with E-state index in [0.717, 1.165) is 47.6 Å². The van der Waals surface area contributed by atoms with Crippen LogP contribution in [0.5, 0.6) is 0 Å². The quantitative estimate of drug-likeness (QED) is 0.690. The summed E-state index contributed by atoms with van der Waals surface area (Å²) >= 11 is 1.50. The fourth-order valence-electron chi connectivity index (χ4n) is 8.50. The third kappa shape index (κ3) is 2.31. The zero-order chi connectivity index (χ0) is 20.0.